The molecule has 2 atom stereocenters. The van der Waals surface area contributed by atoms with Gasteiger partial charge in [0.25, 0.3) is 0 Å². The molecule has 0 aromatic rings. The smallest absolute Gasteiger partial charge is 0.237 e. The second kappa shape index (κ2) is 2.58. The van der Waals surface area contributed by atoms with Gasteiger partial charge in [-0.3, -0.25) is 9.69 Å². The summed E-state index contributed by atoms with van der Waals surface area (Å²) in [6.45, 7) is 4.88. The first kappa shape index (κ1) is 7.54. The van der Waals surface area contributed by atoms with Crippen molar-refractivity contribution < 1.29 is 4.79 Å². The molecule has 3 heteroatoms. The number of hydrogen-bond donors (Lipinski definition) is 1. The fourth-order valence-corrected chi connectivity index (χ4v) is 1.20. The predicted molar refractivity (Wildman–Crippen MR) is 39.7 cm³/mol. The van der Waals surface area contributed by atoms with Crippen molar-refractivity contribution in [2.75, 3.05) is 13.6 Å². The van der Waals surface area contributed by atoms with Gasteiger partial charge in [-0.2, -0.15) is 0 Å². The molecule has 1 rings (SSSR count). The van der Waals surface area contributed by atoms with Crippen molar-refractivity contribution in [3.05, 3.63) is 0 Å². The van der Waals surface area contributed by atoms with Crippen LogP contribution in [0.25, 0.3) is 0 Å². The molecule has 1 N–H and O–H groups in total. The van der Waals surface area contributed by atoms with Gasteiger partial charge in [0.2, 0.25) is 5.91 Å². The maximum Gasteiger partial charge on any atom is 0.237 e. The lowest BCUT2D eigenvalue weighted by Gasteiger charge is -2.33. The summed E-state index contributed by atoms with van der Waals surface area (Å²) in [5, 5.41) is 2.88. The normalized spacial score (nSPS) is 35.7. The predicted octanol–water partition coefficient (Wildman–Crippen LogP) is -0.175. The fourth-order valence-electron chi connectivity index (χ4n) is 1.20. The zero-order valence-corrected chi connectivity index (χ0v) is 6.72. The first-order valence-corrected chi connectivity index (χ1v) is 3.62. The van der Waals surface area contributed by atoms with E-state index in [-0.39, 0.29) is 11.9 Å². The quantitative estimate of drug-likeness (QED) is 0.509. The molecular weight excluding hydrogens is 128 g/mol. The molecule has 10 heavy (non-hydrogen) atoms. The van der Waals surface area contributed by atoms with Crippen molar-refractivity contribution >= 4 is 5.91 Å². The Morgan fingerprint density at radius 3 is 2.70 bits per heavy atom. The van der Waals surface area contributed by atoms with Crippen molar-refractivity contribution in [1.82, 2.24) is 10.2 Å². The minimum absolute atomic E-state index is 0.0381. The van der Waals surface area contributed by atoms with E-state index in [4.69, 9.17) is 0 Å². The van der Waals surface area contributed by atoms with Gasteiger partial charge in [0, 0.05) is 12.6 Å². The Morgan fingerprint density at radius 1 is 1.60 bits per heavy atom. The zero-order valence-electron chi connectivity index (χ0n) is 6.72. The number of nitrogens with one attached hydrogen (secondary N) is 1. The molecule has 0 radical (unpaired) electrons. The summed E-state index contributed by atoms with van der Waals surface area (Å²) in [4.78, 5) is 13.1. The van der Waals surface area contributed by atoms with Gasteiger partial charge in [0.15, 0.2) is 0 Å². The third-order valence-electron chi connectivity index (χ3n) is 1.99. The highest BCUT2D eigenvalue weighted by Crippen LogP contribution is 2.03. The van der Waals surface area contributed by atoms with Crippen LogP contribution in [0, 0.1) is 0 Å². The molecule has 0 bridgehead atoms. The highest BCUT2D eigenvalue weighted by atomic mass is 16.2. The number of amides is 1. The van der Waals surface area contributed by atoms with E-state index in [1.165, 1.54) is 0 Å². The molecule has 0 spiro atoms. The molecule has 1 amide bonds. The third kappa shape index (κ3) is 1.29. The molecule has 1 heterocycles. The summed E-state index contributed by atoms with van der Waals surface area (Å²) < 4.78 is 0. The van der Waals surface area contributed by atoms with Crippen molar-refractivity contribution in [3.8, 4) is 0 Å². The molecule has 1 saturated heterocycles. The van der Waals surface area contributed by atoms with Gasteiger partial charge < -0.3 is 5.32 Å². The Morgan fingerprint density at radius 2 is 2.20 bits per heavy atom. The number of carbonyl (C=O) groups excluding carboxylic acids is 1. The largest absolute Gasteiger partial charge is 0.351 e. The Kier molecular flexibility index (Phi) is 1.94. The van der Waals surface area contributed by atoms with E-state index in [2.05, 4.69) is 10.2 Å². The van der Waals surface area contributed by atoms with Crippen LogP contribution in [0.1, 0.15) is 13.8 Å². The summed E-state index contributed by atoms with van der Waals surface area (Å²) in [5.41, 5.74) is 0. The van der Waals surface area contributed by atoms with Crippen LogP contribution in [0.2, 0.25) is 0 Å². The molecule has 3 nitrogen and oxygen atoms in total. The fraction of sp³-hybridized carbons (Fsp3) is 0.857. The van der Waals surface area contributed by atoms with Crippen molar-refractivity contribution in [2.24, 2.45) is 0 Å². The van der Waals surface area contributed by atoms with E-state index in [9.17, 15) is 4.79 Å². The molecule has 0 aromatic carbocycles. The van der Waals surface area contributed by atoms with E-state index >= 15 is 0 Å². The summed E-state index contributed by atoms with van der Waals surface area (Å²) in [6, 6.07) is 0.338. The maximum atomic E-state index is 11.1. The van der Waals surface area contributed by atoms with Crippen LogP contribution in [-0.2, 0) is 4.79 Å². The average molecular weight is 142 g/mol. The number of nitrogens with zero attached hydrogens (tertiary/aromatic N) is 1. The lowest BCUT2D eigenvalue weighted by molar-refractivity contribution is -0.128. The summed E-state index contributed by atoms with van der Waals surface area (Å²) in [6.07, 6.45) is 0. The first-order chi connectivity index (χ1) is 4.61. The van der Waals surface area contributed by atoms with E-state index in [1.54, 1.807) is 0 Å². The van der Waals surface area contributed by atoms with Gasteiger partial charge in [0.1, 0.15) is 0 Å². The number of likely N-dealkylation sites (N-methyl/N-ethyl adjacent to an activating group) is 1. The van der Waals surface area contributed by atoms with Gasteiger partial charge in [0.05, 0.1) is 6.04 Å². The first-order valence-electron chi connectivity index (χ1n) is 3.62. The molecule has 0 unspecified atom stereocenters. The second-order valence-corrected chi connectivity index (χ2v) is 3.03. The molecule has 1 fully saturated rings. The highest BCUT2D eigenvalue weighted by Gasteiger charge is 2.25. The Balaban J connectivity index is 2.57. The minimum atomic E-state index is 0.0381. The lowest BCUT2D eigenvalue weighted by Crippen LogP contribution is -2.56. The van der Waals surface area contributed by atoms with Gasteiger partial charge in [-0.1, -0.05) is 0 Å². The highest BCUT2D eigenvalue weighted by molar-refractivity contribution is 5.82. The van der Waals surface area contributed by atoms with Crippen LogP contribution in [0.3, 0.4) is 0 Å². The molecule has 1 aliphatic rings. The van der Waals surface area contributed by atoms with Crippen LogP contribution >= 0.6 is 0 Å². The molecule has 0 aliphatic carbocycles. The van der Waals surface area contributed by atoms with E-state index in [0.29, 0.717) is 6.04 Å². The zero-order chi connectivity index (χ0) is 7.72. The van der Waals surface area contributed by atoms with Crippen LogP contribution in [0.15, 0.2) is 0 Å². The Labute approximate surface area is 61.4 Å². The molecule has 0 aromatic heterocycles. The number of piperazine rings is 1. The van der Waals surface area contributed by atoms with Crippen molar-refractivity contribution in [3.63, 3.8) is 0 Å². The number of hydrogen-bond acceptors (Lipinski definition) is 2. The standard InChI is InChI=1S/C7H14N2O/c1-5-4-9(3)6(2)7(10)8-5/h5-6H,4H2,1-3H3,(H,8,10)/t5-,6-/m1/s1. The van der Waals surface area contributed by atoms with Gasteiger partial charge in [-0.05, 0) is 20.9 Å². The van der Waals surface area contributed by atoms with Crippen molar-refractivity contribution in [1.29, 1.82) is 0 Å². The molecule has 0 saturated carbocycles. The average Bonchev–Trinajstić information content (AvgIpc) is 1.82. The van der Waals surface area contributed by atoms with Crippen LogP contribution < -0.4 is 5.32 Å². The van der Waals surface area contributed by atoms with Gasteiger partial charge >= 0.3 is 0 Å². The number of rotatable bonds is 0. The Bertz CT molecular complexity index is 147. The lowest BCUT2D eigenvalue weighted by atomic mass is 10.1. The van der Waals surface area contributed by atoms with Crippen molar-refractivity contribution in [2.45, 2.75) is 25.9 Å². The van der Waals surface area contributed by atoms with E-state index < -0.39 is 0 Å². The van der Waals surface area contributed by atoms with E-state index in [0.717, 1.165) is 6.54 Å². The monoisotopic (exact) mass is 142 g/mol. The summed E-state index contributed by atoms with van der Waals surface area (Å²) in [7, 11) is 1.97. The topological polar surface area (TPSA) is 32.3 Å². The Hall–Kier alpha value is -0.570. The molecular formula is C7H14N2O. The molecule has 1 aliphatic heterocycles. The minimum Gasteiger partial charge on any atom is -0.351 e. The SMILES string of the molecule is C[C@@H]1CN(C)[C@H](C)C(=O)N1. The second-order valence-electron chi connectivity index (χ2n) is 3.03. The van der Waals surface area contributed by atoms with Gasteiger partial charge in [-0.25, -0.2) is 0 Å². The summed E-state index contributed by atoms with van der Waals surface area (Å²) >= 11 is 0. The van der Waals surface area contributed by atoms with E-state index in [1.807, 2.05) is 20.9 Å². The van der Waals surface area contributed by atoms with Crippen LogP contribution in [-0.4, -0.2) is 36.5 Å². The number of carbonyl (C=O) groups is 1. The van der Waals surface area contributed by atoms with Gasteiger partial charge in [-0.15, -0.1) is 0 Å². The maximum absolute atomic E-state index is 11.1. The molecule has 58 valence electrons. The van der Waals surface area contributed by atoms with Crippen LogP contribution in [0.5, 0.6) is 0 Å². The van der Waals surface area contributed by atoms with Crippen LogP contribution in [0.4, 0.5) is 0 Å². The summed E-state index contributed by atoms with van der Waals surface area (Å²) in [5.74, 6) is 0.140. The third-order valence-corrected chi connectivity index (χ3v) is 1.99.